The van der Waals surface area contributed by atoms with Crippen LogP contribution in [0, 0.1) is 0 Å². The molecule has 0 aliphatic heterocycles. The van der Waals surface area contributed by atoms with Crippen LogP contribution in [-0.2, 0) is 0 Å². The fourth-order valence-corrected chi connectivity index (χ4v) is 0.835. The van der Waals surface area contributed by atoms with E-state index in [2.05, 4.69) is 19.9 Å². The molecule has 0 radical (unpaired) electrons. The summed E-state index contributed by atoms with van der Waals surface area (Å²) in [5.41, 5.74) is -0.880. The van der Waals surface area contributed by atoms with Crippen molar-refractivity contribution in [3.8, 4) is 0 Å². The average Bonchev–Trinajstić information content (AvgIpc) is 2.92. The summed E-state index contributed by atoms with van der Waals surface area (Å²) in [6.45, 7) is 0. The van der Waals surface area contributed by atoms with Gasteiger partial charge in [0.15, 0.2) is 11.4 Å². The number of aromatic nitrogens is 4. The van der Waals surface area contributed by atoms with Gasteiger partial charge in [0.25, 0.3) is 0 Å². The van der Waals surface area contributed by atoms with E-state index in [1.807, 2.05) is 0 Å². The molecular formula is C8H8N4O4. The van der Waals surface area contributed by atoms with Crippen LogP contribution >= 0.6 is 0 Å². The number of H-pyrrole nitrogens is 2. The second-order valence-corrected chi connectivity index (χ2v) is 2.50. The van der Waals surface area contributed by atoms with Gasteiger partial charge in [0.05, 0.1) is 12.7 Å². The zero-order valence-electron chi connectivity index (χ0n) is 7.91. The van der Waals surface area contributed by atoms with Crippen molar-refractivity contribution in [2.24, 2.45) is 0 Å². The quantitative estimate of drug-likeness (QED) is 0.576. The number of carbonyl (C=O) groups is 2. The Balaban J connectivity index is 0.000000212. The third-order valence-corrected chi connectivity index (χ3v) is 1.46. The number of rotatable bonds is 2. The maximum atomic E-state index is 10.3. The Labute approximate surface area is 89.0 Å². The molecule has 2 aromatic rings. The lowest BCUT2D eigenvalue weighted by atomic mass is 10.3. The number of carboxylic acid groups (broad SMARTS) is 2. The van der Waals surface area contributed by atoms with Crippen molar-refractivity contribution in [3.05, 3.63) is 36.4 Å². The minimum atomic E-state index is -1.36. The van der Waals surface area contributed by atoms with Crippen molar-refractivity contribution < 1.29 is 19.8 Å². The molecule has 4 N–H and O–H groups in total. The Morgan fingerprint density at radius 3 is 2.25 bits per heavy atom. The van der Waals surface area contributed by atoms with E-state index in [9.17, 15) is 9.59 Å². The average molecular weight is 224 g/mol. The van der Waals surface area contributed by atoms with Gasteiger partial charge < -0.3 is 20.2 Å². The number of nitrogens with zero attached hydrogens (tertiary/aromatic N) is 2. The molecule has 0 saturated carbocycles. The molecule has 8 nitrogen and oxygen atoms in total. The Hall–Kier alpha value is -2.64. The highest BCUT2D eigenvalue weighted by Gasteiger charge is 2.17. The van der Waals surface area contributed by atoms with E-state index < -0.39 is 23.3 Å². The van der Waals surface area contributed by atoms with Gasteiger partial charge in [0.1, 0.15) is 0 Å². The first kappa shape index (κ1) is 11.4. The number of aromatic amines is 2. The van der Waals surface area contributed by atoms with Gasteiger partial charge in [-0.1, -0.05) is 0 Å². The number of hydrogen-bond donors (Lipinski definition) is 4. The molecule has 0 saturated heterocycles. The molecule has 0 aromatic carbocycles. The lowest BCUT2D eigenvalue weighted by Crippen LogP contribution is -2.07. The Kier molecular flexibility index (Phi) is 3.78. The van der Waals surface area contributed by atoms with Gasteiger partial charge in [-0.05, 0) is 0 Å². The van der Waals surface area contributed by atoms with E-state index in [1.165, 1.54) is 0 Å². The van der Waals surface area contributed by atoms with Crippen LogP contribution in [0.1, 0.15) is 21.0 Å². The van der Waals surface area contributed by atoms with E-state index >= 15 is 0 Å². The molecule has 16 heavy (non-hydrogen) atoms. The number of carboxylic acids is 2. The van der Waals surface area contributed by atoms with Crippen LogP contribution in [0.4, 0.5) is 0 Å². The summed E-state index contributed by atoms with van der Waals surface area (Å²) >= 11 is 0. The summed E-state index contributed by atoms with van der Waals surface area (Å²) in [4.78, 5) is 32.4. The highest BCUT2D eigenvalue weighted by Crippen LogP contribution is 2.01. The molecule has 0 atom stereocenters. The zero-order valence-corrected chi connectivity index (χ0v) is 7.91. The molecule has 0 bridgehead atoms. The van der Waals surface area contributed by atoms with E-state index in [0.29, 0.717) is 0 Å². The topological polar surface area (TPSA) is 132 Å². The van der Waals surface area contributed by atoms with Crippen LogP contribution < -0.4 is 0 Å². The third-order valence-electron chi connectivity index (χ3n) is 1.46. The predicted octanol–water partition coefficient (Wildman–Crippen LogP) is 0.216. The highest BCUT2D eigenvalue weighted by atomic mass is 16.4. The maximum Gasteiger partial charge on any atom is 0.357 e. The van der Waals surface area contributed by atoms with Crippen LogP contribution in [0.25, 0.3) is 0 Å². The number of hydrogen-bond acceptors (Lipinski definition) is 4. The molecule has 0 amide bonds. The summed E-state index contributed by atoms with van der Waals surface area (Å²) in [5, 5.41) is 16.7. The van der Waals surface area contributed by atoms with Gasteiger partial charge in [0, 0.05) is 12.4 Å². The van der Waals surface area contributed by atoms with Crippen molar-refractivity contribution in [2.45, 2.75) is 0 Å². The van der Waals surface area contributed by atoms with Crippen LogP contribution in [0.15, 0.2) is 25.0 Å². The van der Waals surface area contributed by atoms with Gasteiger partial charge in [-0.3, -0.25) is 0 Å². The molecule has 0 spiro atoms. The molecule has 8 heteroatoms. The van der Waals surface area contributed by atoms with Gasteiger partial charge in [0.2, 0.25) is 0 Å². The third kappa shape index (κ3) is 2.94. The lowest BCUT2D eigenvalue weighted by molar-refractivity contribution is 0.0644. The monoisotopic (exact) mass is 224 g/mol. The number of aromatic carboxylic acids is 2. The Bertz CT molecular complexity index is 416. The Morgan fingerprint density at radius 1 is 1.19 bits per heavy atom. The molecule has 0 aliphatic carbocycles. The molecule has 2 aromatic heterocycles. The van der Waals surface area contributed by atoms with E-state index in [4.69, 9.17) is 10.2 Å². The first-order valence-corrected chi connectivity index (χ1v) is 4.05. The molecule has 0 unspecified atom stereocenters. The van der Waals surface area contributed by atoms with Gasteiger partial charge in [-0.2, -0.15) is 0 Å². The first-order valence-electron chi connectivity index (χ1n) is 4.05. The van der Waals surface area contributed by atoms with Gasteiger partial charge in [-0.25, -0.2) is 19.6 Å². The van der Waals surface area contributed by atoms with E-state index in [1.54, 1.807) is 18.7 Å². The van der Waals surface area contributed by atoms with Crippen LogP contribution in [0.3, 0.4) is 0 Å². The van der Waals surface area contributed by atoms with Crippen molar-refractivity contribution in [1.82, 2.24) is 19.9 Å². The summed E-state index contributed by atoms with van der Waals surface area (Å²) in [6, 6.07) is 0. The second-order valence-electron chi connectivity index (χ2n) is 2.50. The van der Waals surface area contributed by atoms with Crippen LogP contribution in [0.5, 0.6) is 0 Å². The molecule has 0 aliphatic rings. The standard InChI is InChI=1S/C5H4N2O4.C3H4N2/c8-4(9)2-3(5(10)11)7-1-6-2;1-2-5-3-4-1/h1H,(H,6,7)(H,8,9)(H,10,11);1-3H,(H,4,5). The van der Waals surface area contributed by atoms with Crippen molar-refractivity contribution >= 4 is 11.9 Å². The normalized spacial score (nSPS) is 9.00. The van der Waals surface area contributed by atoms with Crippen molar-refractivity contribution in [1.29, 1.82) is 0 Å². The van der Waals surface area contributed by atoms with E-state index in [-0.39, 0.29) is 0 Å². The van der Waals surface area contributed by atoms with Crippen LogP contribution in [0.2, 0.25) is 0 Å². The van der Waals surface area contributed by atoms with Gasteiger partial charge in [-0.15, -0.1) is 0 Å². The molecule has 0 fully saturated rings. The summed E-state index contributed by atoms with van der Waals surface area (Å²) in [6.07, 6.45) is 6.10. The lowest BCUT2D eigenvalue weighted by Gasteiger charge is -1.88. The predicted molar refractivity (Wildman–Crippen MR) is 51.1 cm³/mol. The summed E-state index contributed by atoms with van der Waals surface area (Å²) in [5.74, 6) is -2.69. The maximum absolute atomic E-state index is 10.3. The SMILES string of the molecule is O=C(O)c1nc[nH]c1C(=O)O.c1c[nH]cn1. The molecule has 2 rings (SSSR count). The minimum Gasteiger partial charge on any atom is -0.477 e. The zero-order chi connectivity index (χ0) is 12.0. The Morgan fingerprint density at radius 2 is 1.94 bits per heavy atom. The number of nitrogens with one attached hydrogen (secondary N) is 2. The fourth-order valence-electron chi connectivity index (χ4n) is 0.835. The molecular weight excluding hydrogens is 216 g/mol. The minimum absolute atomic E-state index is 0.405. The number of imidazole rings is 2. The first-order chi connectivity index (χ1) is 7.63. The second kappa shape index (κ2) is 5.29. The fraction of sp³-hybridized carbons (Fsp3) is 0. The van der Waals surface area contributed by atoms with Crippen LogP contribution in [-0.4, -0.2) is 42.1 Å². The van der Waals surface area contributed by atoms with Gasteiger partial charge >= 0.3 is 11.9 Å². The summed E-state index contributed by atoms with van der Waals surface area (Å²) in [7, 11) is 0. The molecule has 84 valence electrons. The molecule has 2 heterocycles. The summed E-state index contributed by atoms with van der Waals surface area (Å²) < 4.78 is 0. The van der Waals surface area contributed by atoms with Crippen molar-refractivity contribution in [3.63, 3.8) is 0 Å². The van der Waals surface area contributed by atoms with Crippen molar-refractivity contribution in [2.75, 3.05) is 0 Å². The van der Waals surface area contributed by atoms with E-state index in [0.717, 1.165) is 6.33 Å². The smallest absolute Gasteiger partial charge is 0.357 e. The largest absolute Gasteiger partial charge is 0.477 e. The highest BCUT2D eigenvalue weighted by molar-refractivity contribution is 5.98.